The molecule has 1 fully saturated rings. The standard InChI is InChI=1S/C20H26BrN5OS/c1-5-14(6-2)15-11-12(3)22-19-16(13(4)24-26(15)19)17-18(21)23-20(28-17)25-7-9-27-10-8-25/h11,14H,5-10H2,1-4H3/i3D3. The molecule has 0 unspecified atom stereocenters. The van der Waals surface area contributed by atoms with Crippen LogP contribution in [0.15, 0.2) is 10.7 Å². The Morgan fingerprint density at radius 2 is 2.04 bits per heavy atom. The minimum absolute atomic E-state index is 0.108. The Hall–Kier alpha value is -1.51. The summed E-state index contributed by atoms with van der Waals surface area (Å²) in [4.78, 5) is 12.4. The zero-order valence-electron chi connectivity index (χ0n) is 19.3. The summed E-state index contributed by atoms with van der Waals surface area (Å²) in [5, 5.41) is 5.70. The third-order valence-corrected chi connectivity index (χ3v) is 7.25. The molecule has 3 aromatic rings. The van der Waals surface area contributed by atoms with Gasteiger partial charge < -0.3 is 9.64 Å². The van der Waals surface area contributed by atoms with E-state index in [1.165, 1.54) is 0 Å². The maximum Gasteiger partial charge on any atom is 0.187 e. The van der Waals surface area contributed by atoms with Crippen molar-refractivity contribution in [3.63, 3.8) is 0 Å². The second kappa shape index (κ2) is 8.08. The molecule has 0 N–H and O–H groups in total. The van der Waals surface area contributed by atoms with Crippen LogP contribution in [0.4, 0.5) is 5.13 Å². The molecule has 1 aliphatic heterocycles. The van der Waals surface area contributed by atoms with Gasteiger partial charge in [-0.3, -0.25) is 0 Å². The smallest absolute Gasteiger partial charge is 0.187 e. The number of hydrogen-bond donors (Lipinski definition) is 0. The molecule has 6 nitrogen and oxygen atoms in total. The monoisotopic (exact) mass is 466 g/mol. The maximum absolute atomic E-state index is 7.97. The number of morpholine rings is 1. The van der Waals surface area contributed by atoms with Crippen LogP contribution in [-0.4, -0.2) is 45.9 Å². The van der Waals surface area contributed by atoms with Crippen LogP contribution in [0, 0.1) is 13.8 Å². The van der Waals surface area contributed by atoms with Gasteiger partial charge in [-0.15, -0.1) is 0 Å². The lowest BCUT2D eigenvalue weighted by Crippen LogP contribution is -2.36. The molecule has 0 radical (unpaired) electrons. The molecule has 3 aromatic heterocycles. The lowest BCUT2D eigenvalue weighted by Gasteiger charge is -2.25. The summed E-state index contributed by atoms with van der Waals surface area (Å²) < 4.78 is 31.9. The van der Waals surface area contributed by atoms with Gasteiger partial charge in [-0.05, 0) is 48.6 Å². The number of nitrogens with zero attached hydrogens (tertiary/aromatic N) is 5. The van der Waals surface area contributed by atoms with E-state index in [0.29, 0.717) is 18.9 Å². The third-order valence-electron chi connectivity index (χ3n) is 5.28. The molecule has 4 heterocycles. The summed E-state index contributed by atoms with van der Waals surface area (Å²) in [6.45, 7) is 6.84. The summed E-state index contributed by atoms with van der Waals surface area (Å²) in [6.07, 6.45) is 1.80. The molecule has 1 saturated heterocycles. The normalized spacial score (nSPS) is 17.2. The first-order valence-electron chi connectivity index (χ1n) is 11.1. The van der Waals surface area contributed by atoms with E-state index in [0.717, 1.165) is 57.5 Å². The second-order valence-corrected chi connectivity index (χ2v) is 8.72. The fraction of sp³-hybridized carbons (Fsp3) is 0.550. The molecule has 0 amide bonds. The molecule has 28 heavy (non-hydrogen) atoms. The predicted octanol–water partition coefficient (Wildman–Crippen LogP) is 4.97. The zero-order chi connectivity index (χ0) is 22.3. The van der Waals surface area contributed by atoms with Crippen LogP contribution < -0.4 is 4.90 Å². The number of anilines is 1. The van der Waals surface area contributed by atoms with E-state index in [9.17, 15) is 0 Å². The minimum Gasteiger partial charge on any atom is -0.378 e. The molecule has 0 saturated carbocycles. The van der Waals surface area contributed by atoms with Crippen LogP contribution in [0.3, 0.4) is 0 Å². The maximum atomic E-state index is 7.97. The predicted molar refractivity (Wildman–Crippen MR) is 118 cm³/mol. The van der Waals surface area contributed by atoms with E-state index < -0.39 is 6.85 Å². The van der Waals surface area contributed by atoms with Crippen molar-refractivity contribution in [2.45, 2.75) is 46.4 Å². The lowest BCUT2D eigenvalue weighted by molar-refractivity contribution is 0.122. The highest BCUT2D eigenvalue weighted by Gasteiger charge is 2.25. The average molecular weight is 467 g/mol. The Kier molecular flexibility index (Phi) is 4.71. The van der Waals surface area contributed by atoms with Crippen molar-refractivity contribution < 1.29 is 8.85 Å². The van der Waals surface area contributed by atoms with E-state index >= 15 is 0 Å². The van der Waals surface area contributed by atoms with Crippen molar-refractivity contribution in [2.24, 2.45) is 0 Å². The highest BCUT2D eigenvalue weighted by Crippen LogP contribution is 2.41. The molecule has 0 spiro atoms. The molecule has 150 valence electrons. The van der Waals surface area contributed by atoms with Gasteiger partial charge >= 0.3 is 0 Å². The van der Waals surface area contributed by atoms with E-state index in [-0.39, 0.29) is 11.6 Å². The number of halogens is 1. The van der Waals surface area contributed by atoms with E-state index in [1.54, 1.807) is 17.4 Å². The number of thiazole rings is 1. The molecule has 0 atom stereocenters. The van der Waals surface area contributed by atoms with Crippen molar-refractivity contribution in [2.75, 3.05) is 31.2 Å². The fourth-order valence-electron chi connectivity index (χ4n) is 3.74. The van der Waals surface area contributed by atoms with Crippen molar-refractivity contribution >= 4 is 38.0 Å². The van der Waals surface area contributed by atoms with Crippen LogP contribution >= 0.6 is 27.3 Å². The van der Waals surface area contributed by atoms with Crippen LogP contribution in [-0.2, 0) is 4.74 Å². The third kappa shape index (κ3) is 3.46. The second-order valence-electron chi connectivity index (χ2n) is 6.99. The number of hydrogen-bond acceptors (Lipinski definition) is 6. The van der Waals surface area contributed by atoms with Gasteiger partial charge in [0, 0.05) is 34.5 Å². The number of aromatic nitrogens is 4. The summed E-state index contributed by atoms with van der Waals surface area (Å²) in [7, 11) is 0. The summed E-state index contributed by atoms with van der Waals surface area (Å²) in [5.41, 5.74) is 3.22. The van der Waals surface area contributed by atoms with E-state index in [2.05, 4.69) is 39.7 Å². The van der Waals surface area contributed by atoms with Crippen molar-refractivity contribution in [1.29, 1.82) is 0 Å². The number of aryl methyl sites for hydroxylation is 2. The number of fused-ring (bicyclic) bond motifs is 1. The van der Waals surface area contributed by atoms with Crippen LogP contribution in [0.1, 0.15) is 53.8 Å². The average Bonchev–Trinajstić information content (AvgIpc) is 3.27. The van der Waals surface area contributed by atoms with Crippen LogP contribution in [0.25, 0.3) is 16.1 Å². The van der Waals surface area contributed by atoms with Crippen LogP contribution in [0.5, 0.6) is 0 Å². The lowest BCUT2D eigenvalue weighted by atomic mass is 9.98. The number of rotatable bonds is 5. The van der Waals surface area contributed by atoms with E-state index in [1.807, 2.05) is 11.4 Å². The SMILES string of the molecule is [2H]C([2H])([2H])c1cc(C(CC)CC)n2nc(C)c(-c3sc(N4CCOCC4)nc3Br)c2n1. The molecule has 0 aromatic carbocycles. The molecule has 4 rings (SSSR count). The highest BCUT2D eigenvalue weighted by atomic mass is 79.9. The van der Waals surface area contributed by atoms with Gasteiger partial charge in [0.25, 0.3) is 0 Å². The van der Waals surface area contributed by atoms with Crippen molar-refractivity contribution in [3.8, 4) is 10.4 Å². The molecular weight excluding hydrogens is 438 g/mol. The molecule has 0 aliphatic carbocycles. The van der Waals surface area contributed by atoms with Crippen molar-refractivity contribution in [1.82, 2.24) is 19.6 Å². The van der Waals surface area contributed by atoms with Crippen molar-refractivity contribution in [3.05, 3.63) is 27.8 Å². The molecular formula is C20H26BrN5OS. The van der Waals surface area contributed by atoms with Gasteiger partial charge in [-0.25, -0.2) is 14.5 Å². The minimum atomic E-state index is -2.29. The first kappa shape index (κ1) is 16.3. The van der Waals surface area contributed by atoms with Crippen LogP contribution in [0.2, 0.25) is 0 Å². The van der Waals surface area contributed by atoms with Gasteiger partial charge in [-0.1, -0.05) is 25.2 Å². The topological polar surface area (TPSA) is 55.5 Å². The van der Waals surface area contributed by atoms with Gasteiger partial charge in [0.15, 0.2) is 10.8 Å². The molecule has 0 bridgehead atoms. The molecule has 8 heteroatoms. The Labute approximate surface area is 182 Å². The number of ether oxygens (including phenoxy) is 1. The Morgan fingerprint density at radius 3 is 2.71 bits per heavy atom. The quantitative estimate of drug-likeness (QED) is 0.530. The highest BCUT2D eigenvalue weighted by molar-refractivity contribution is 9.10. The van der Waals surface area contributed by atoms with Gasteiger partial charge in [0.2, 0.25) is 0 Å². The summed E-state index contributed by atoms with van der Waals surface area (Å²) in [5.74, 6) is 0.201. The Balaban J connectivity index is 1.92. The summed E-state index contributed by atoms with van der Waals surface area (Å²) in [6, 6.07) is 1.70. The van der Waals surface area contributed by atoms with Gasteiger partial charge in [0.05, 0.1) is 29.3 Å². The van der Waals surface area contributed by atoms with E-state index in [4.69, 9.17) is 18.9 Å². The summed E-state index contributed by atoms with van der Waals surface area (Å²) >= 11 is 5.19. The largest absolute Gasteiger partial charge is 0.378 e. The Morgan fingerprint density at radius 1 is 1.29 bits per heavy atom. The first-order chi connectivity index (χ1) is 14.7. The van der Waals surface area contributed by atoms with Gasteiger partial charge in [-0.2, -0.15) is 5.10 Å². The van der Waals surface area contributed by atoms with Gasteiger partial charge in [0.1, 0.15) is 4.60 Å². The zero-order valence-corrected chi connectivity index (χ0v) is 18.7. The Bertz CT molecular complexity index is 1090. The molecule has 1 aliphatic rings. The first-order valence-corrected chi connectivity index (χ1v) is 11.3. The fourth-order valence-corrected chi connectivity index (χ4v) is 5.57.